The molecule has 3 rings (SSSR count). The number of nitro groups is 1. The molecule has 1 fully saturated rings. The fraction of sp³-hybridized carbons (Fsp3) is 0.211. The predicted molar refractivity (Wildman–Crippen MR) is 108 cm³/mol. The van der Waals surface area contributed by atoms with E-state index in [1.807, 2.05) is 6.92 Å². The molecule has 0 saturated carbocycles. The second-order valence-electron chi connectivity index (χ2n) is 6.20. The van der Waals surface area contributed by atoms with Gasteiger partial charge >= 0.3 is 0 Å². The maximum Gasteiger partial charge on any atom is 0.269 e. The molecule has 1 saturated heterocycles. The van der Waals surface area contributed by atoms with E-state index >= 15 is 0 Å². The average molecular weight is 398 g/mol. The summed E-state index contributed by atoms with van der Waals surface area (Å²) >= 11 is 5.12. The molecule has 2 heterocycles. The van der Waals surface area contributed by atoms with Crippen molar-refractivity contribution in [3.8, 4) is 5.69 Å². The summed E-state index contributed by atoms with van der Waals surface area (Å²) in [4.78, 5) is 36.8. The fourth-order valence-corrected chi connectivity index (χ4v) is 3.11. The van der Waals surface area contributed by atoms with Crippen LogP contribution in [0, 0.1) is 10.1 Å². The van der Waals surface area contributed by atoms with Crippen LogP contribution in [0.5, 0.6) is 0 Å². The quantitative estimate of drug-likeness (QED) is 0.265. The number of thiocarbonyl (C=S) groups is 1. The lowest BCUT2D eigenvalue weighted by molar-refractivity contribution is -0.384. The number of carbonyl (C=O) groups excluding carboxylic acids is 2. The number of nitrogens with one attached hydrogen (secondary N) is 1. The summed E-state index contributed by atoms with van der Waals surface area (Å²) in [6.45, 7) is 2.44. The van der Waals surface area contributed by atoms with Gasteiger partial charge < -0.3 is 4.57 Å². The van der Waals surface area contributed by atoms with Crippen LogP contribution in [0.3, 0.4) is 0 Å². The summed E-state index contributed by atoms with van der Waals surface area (Å²) in [5.41, 5.74) is 1.24. The van der Waals surface area contributed by atoms with Crippen LogP contribution in [0.25, 0.3) is 11.8 Å². The van der Waals surface area contributed by atoms with E-state index in [0.29, 0.717) is 17.9 Å². The van der Waals surface area contributed by atoms with Crippen molar-refractivity contribution in [1.29, 1.82) is 0 Å². The molecule has 9 heteroatoms. The van der Waals surface area contributed by atoms with Gasteiger partial charge in [0.05, 0.1) is 4.92 Å². The number of unbranched alkanes of at least 4 members (excludes halogenated alkanes) is 1. The molecule has 2 aromatic rings. The van der Waals surface area contributed by atoms with Crippen LogP contribution < -0.4 is 5.32 Å². The third-order valence-corrected chi connectivity index (χ3v) is 4.65. The minimum absolute atomic E-state index is 0.00781. The van der Waals surface area contributed by atoms with Gasteiger partial charge in [0.2, 0.25) is 0 Å². The zero-order chi connectivity index (χ0) is 20.3. The number of hydrogen-bond donors (Lipinski definition) is 1. The predicted octanol–water partition coefficient (Wildman–Crippen LogP) is 2.81. The Labute approximate surface area is 166 Å². The van der Waals surface area contributed by atoms with E-state index in [1.165, 1.54) is 23.1 Å². The molecule has 1 aliphatic heterocycles. The molecule has 144 valence electrons. The van der Waals surface area contributed by atoms with Gasteiger partial charge in [-0.25, -0.2) is 0 Å². The molecule has 8 nitrogen and oxygen atoms in total. The van der Waals surface area contributed by atoms with Crippen LogP contribution in [0.15, 0.2) is 48.2 Å². The van der Waals surface area contributed by atoms with Crippen molar-refractivity contribution in [2.24, 2.45) is 0 Å². The normalized spacial score (nSPS) is 15.8. The van der Waals surface area contributed by atoms with Crippen molar-refractivity contribution >= 4 is 40.9 Å². The molecule has 0 bridgehead atoms. The summed E-state index contributed by atoms with van der Waals surface area (Å²) in [7, 11) is 0. The van der Waals surface area contributed by atoms with E-state index < -0.39 is 16.7 Å². The highest BCUT2D eigenvalue weighted by atomic mass is 32.1. The molecule has 1 aliphatic rings. The van der Waals surface area contributed by atoms with Crippen molar-refractivity contribution in [3.63, 3.8) is 0 Å². The zero-order valence-corrected chi connectivity index (χ0v) is 15.9. The Balaban J connectivity index is 1.94. The number of aromatic nitrogens is 1. The summed E-state index contributed by atoms with van der Waals surface area (Å²) in [5.74, 6) is -0.974. The molecule has 2 amide bonds. The molecule has 1 aromatic heterocycles. The van der Waals surface area contributed by atoms with Crippen molar-refractivity contribution < 1.29 is 14.5 Å². The van der Waals surface area contributed by atoms with Crippen LogP contribution in [-0.2, 0) is 9.59 Å². The average Bonchev–Trinajstić information content (AvgIpc) is 3.13. The van der Waals surface area contributed by atoms with Gasteiger partial charge in [-0.2, -0.15) is 0 Å². The second kappa shape index (κ2) is 8.13. The van der Waals surface area contributed by atoms with Crippen molar-refractivity contribution in [3.05, 3.63) is 64.0 Å². The third-order valence-electron chi connectivity index (χ3n) is 4.33. The molecule has 1 N–H and O–H groups in total. The minimum Gasteiger partial charge on any atom is -0.317 e. The van der Waals surface area contributed by atoms with Crippen molar-refractivity contribution in [1.82, 2.24) is 14.8 Å². The van der Waals surface area contributed by atoms with Crippen molar-refractivity contribution in [2.75, 3.05) is 6.54 Å². The summed E-state index contributed by atoms with van der Waals surface area (Å²) in [6, 6.07) is 9.51. The topological polar surface area (TPSA) is 97.5 Å². The first-order chi connectivity index (χ1) is 13.4. The molecular formula is C19H18N4O4S. The first-order valence-electron chi connectivity index (χ1n) is 8.73. The third kappa shape index (κ3) is 3.84. The minimum atomic E-state index is -0.542. The number of hydrogen-bond acceptors (Lipinski definition) is 5. The smallest absolute Gasteiger partial charge is 0.269 e. The van der Waals surface area contributed by atoms with E-state index in [9.17, 15) is 19.7 Å². The lowest BCUT2D eigenvalue weighted by Gasteiger charge is -2.28. The lowest BCUT2D eigenvalue weighted by Crippen LogP contribution is -2.54. The van der Waals surface area contributed by atoms with E-state index in [0.717, 1.165) is 12.8 Å². The molecule has 28 heavy (non-hydrogen) atoms. The Hall–Kier alpha value is -3.33. The first kappa shape index (κ1) is 19.4. The van der Waals surface area contributed by atoms with Gasteiger partial charge in [0.1, 0.15) is 5.57 Å². The molecule has 0 aliphatic carbocycles. The van der Waals surface area contributed by atoms with Crippen molar-refractivity contribution in [2.45, 2.75) is 19.8 Å². The number of nitro benzene ring substituents is 1. The standard InChI is InChI=1S/C19H18N4O4S/c1-2-3-10-22-18(25)16(17(24)20-19(22)28)12-15-5-4-11-21(15)13-6-8-14(9-7-13)23(26)27/h4-9,11-12H,2-3,10H2,1H3,(H,20,24,28)/b16-12+. The van der Waals surface area contributed by atoms with Gasteiger partial charge in [-0.15, -0.1) is 0 Å². The number of amides is 2. The maximum absolute atomic E-state index is 12.8. The van der Waals surface area contributed by atoms with E-state index in [4.69, 9.17) is 12.2 Å². The molecule has 0 atom stereocenters. The van der Waals surface area contributed by atoms with Gasteiger partial charge in [0.25, 0.3) is 17.5 Å². The molecule has 0 radical (unpaired) electrons. The SMILES string of the molecule is CCCCN1C(=O)/C(=C/c2cccn2-c2ccc([N+](=O)[O-])cc2)C(=O)NC1=S. The molecule has 0 unspecified atom stereocenters. The Morgan fingerprint density at radius 1 is 1.21 bits per heavy atom. The van der Waals surface area contributed by atoms with E-state index in [2.05, 4.69) is 5.32 Å². The van der Waals surface area contributed by atoms with Crippen LogP contribution in [0.4, 0.5) is 5.69 Å². The Bertz CT molecular complexity index is 978. The summed E-state index contributed by atoms with van der Waals surface area (Å²) in [5, 5.41) is 13.5. The van der Waals surface area contributed by atoms with Crippen LogP contribution in [-0.4, -0.2) is 37.9 Å². The van der Waals surface area contributed by atoms with Gasteiger partial charge in [-0.05, 0) is 49.0 Å². The fourth-order valence-electron chi connectivity index (χ4n) is 2.84. The molecule has 0 spiro atoms. The van der Waals surface area contributed by atoms with Crippen LogP contribution >= 0.6 is 12.2 Å². The number of nitrogens with zero attached hydrogens (tertiary/aromatic N) is 3. The highest BCUT2D eigenvalue weighted by Gasteiger charge is 2.33. The summed E-state index contributed by atoms with van der Waals surface area (Å²) in [6.07, 6.45) is 4.91. The van der Waals surface area contributed by atoms with Crippen LogP contribution in [0.2, 0.25) is 0 Å². The number of rotatable bonds is 6. The Morgan fingerprint density at radius 2 is 1.93 bits per heavy atom. The largest absolute Gasteiger partial charge is 0.317 e. The lowest BCUT2D eigenvalue weighted by atomic mass is 10.1. The first-order valence-corrected chi connectivity index (χ1v) is 9.14. The highest BCUT2D eigenvalue weighted by molar-refractivity contribution is 7.80. The highest BCUT2D eigenvalue weighted by Crippen LogP contribution is 2.21. The molecular weight excluding hydrogens is 380 g/mol. The van der Waals surface area contributed by atoms with E-state index in [1.54, 1.807) is 35.0 Å². The second-order valence-corrected chi connectivity index (χ2v) is 6.59. The number of non-ortho nitro benzene ring substituents is 1. The van der Waals surface area contributed by atoms with Crippen LogP contribution in [0.1, 0.15) is 25.5 Å². The number of benzene rings is 1. The molecule has 1 aromatic carbocycles. The zero-order valence-electron chi connectivity index (χ0n) is 15.1. The summed E-state index contributed by atoms with van der Waals surface area (Å²) < 4.78 is 1.74. The Kier molecular flexibility index (Phi) is 5.65. The number of carbonyl (C=O) groups is 2. The van der Waals surface area contributed by atoms with Gasteiger partial charge in [-0.3, -0.25) is 29.9 Å². The van der Waals surface area contributed by atoms with Gasteiger partial charge in [0, 0.05) is 36.3 Å². The van der Waals surface area contributed by atoms with Gasteiger partial charge in [0.15, 0.2) is 5.11 Å². The van der Waals surface area contributed by atoms with Gasteiger partial charge in [-0.1, -0.05) is 13.3 Å². The Morgan fingerprint density at radius 3 is 2.57 bits per heavy atom. The maximum atomic E-state index is 12.8. The van der Waals surface area contributed by atoms with E-state index in [-0.39, 0.29) is 16.4 Å². The monoisotopic (exact) mass is 398 g/mol.